The van der Waals surface area contributed by atoms with E-state index in [1.165, 1.54) is 18.4 Å². The SMILES string of the molecule is C[C@H]1CO[C@]2(CC1O)O[C@H]1C[C@H]3[C@@H]4CC=C5C[C@@H](O)[C@H](O)C[C@]5(C)[C@H]4CC[C@]3(C)[C@H]1[C@@H]2C. The van der Waals surface area contributed by atoms with Crippen molar-refractivity contribution in [1.29, 1.82) is 0 Å². The van der Waals surface area contributed by atoms with Gasteiger partial charge in [0, 0.05) is 18.3 Å². The van der Waals surface area contributed by atoms with Crippen molar-refractivity contribution in [3.63, 3.8) is 0 Å². The van der Waals surface area contributed by atoms with Gasteiger partial charge < -0.3 is 24.8 Å². The maximum absolute atomic E-state index is 10.6. The van der Waals surface area contributed by atoms with Crippen LogP contribution in [0.3, 0.4) is 0 Å². The number of aliphatic hydroxyl groups excluding tert-OH is 3. The quantitative estimate of drug-likeness (QED) is 0.495. The summed E-state index contributed by atoms with van der Waals surface area (Å²) < 4.78 is 13.1. The van der Waals surface area contributed by atoms with Gasteiger partial charge in [0.1, 0.15) is 0 Å². The van der Waals surface area contributed by atoms with Gasteiger partial charge in [0.25, 0.3) is 0 Å². The first-order chi connectivity index (χ1) is 15.1. The number of allylic oxidation sites excluding steroid dienone is 1. The summed E-state index contributed by atoms with van der Waals surface area (Å²) in [5.74, 6) is 2.16. The molecule has 0 amide bonds. The molecule has 0 aromatic rings. The average Bonchev–Trinajstić information content (AvgIpc) is 3.17. The van der Waals surface area contributed by atoms with E-state index in [9.17, 15) is 15.3 Å². The van der Waals surface area contributed by atoms with E-state index in [2.05, 4.69) is 33.8 Å². The third-order valence-electron chi connectivity index (χ3n) is 11.5. The summed E-state index contributed by atoms with van der Waals surface area (Å²) in [4.78, 5) is 0. The van der Waals surface area contributed by atoms with Gasteiger partial charge >= 0.3 is 0 Å². The van der Waals surface area contributed by atoms with E-state index < -0.39 is 18.0 Å². The summed E-state index contributed by atoms with van der Waals surface area (Å²) in [7, 11) is 0. The van der Waals surface area contributed by atoms with Crippen LogP contribution in [-0.2, 0) is 9.47 Å². The molecule has 1 spiro atoms. The van der Waals surface area contributed by atoms with E-state index in [1.54, 1.807) is 0 Å². The number of fused-ring (bicyclic) bond motifs is 7. The Morgan fingerprint density at radius 1 is 1.00 bits per heavy atom. The molecule has 4 aliphatic carbocycles. The number of hydrogen-bond acceptors (Lipinski definition) is 5. The first-order valence-electron chi connectivity index (χ1n) is 13.1. The van der Waals surface area contributed by atoms with Gasteiger partial charge in [-0.1, -0.05) is 39.3 Å². The van der Waals surface area contributed by atoms with Gasteiger partial charge in [-0.2, -0.15) is 0 Å². The molecule has 0 bridgehead atoms. The molecule has 0 aromatic carbocycles. The van der Waals surface area contributed by atoms with Crippen LogP contribution in [0, 0.1) is 46.3 Å². The molecule has 3 saturated carbocycles. The van der Waals surface area contributed by atoms with Crippen LogP contribution in [0.5, 0.6) is 0 Å². The van der Waals surface area contributed by atoms with Gasteiger partial charge in [-0.15, -0.1) is 0 Å². The Kier molecular flexibility index (Phi) is 4.84. The third-order valence-corrected chi connectivity index (χ3v) is 11.5. The second kappa shape index (κ2) is 7.04. The minimum Gasteiger partial charge on any atom is -0.393 e. The van der Waals surface area contributed by atoms with Gasteiger partial charge in [-0.05, 0) is 73.0 Å². The van der Waals surface area contributed by atoms with Crippen LogP contribution in [0.25, 0.3) is 0 Å². The molecule has 3 N–H and O–H groups in total. The maximum Gasteiger partial charge on any atom is 0.174 e. The molecule has 2 heterocycles. The van der Waals surface area contributed by atoms with Crippen molar-refractivity contribution in [2.75, 3.05) is 6.61 Å². The van der Waals surface area contributed by atoms with E-state index in [1.807, 2.05) is 0 Å². The monoisotopic (exact) mass is 446 g/mol. The van der Waals surface area contributed by atoms with E-state index in [4.69, 9.17) is 9.47 Å². The normalized spacial score (nSPS) is 61.5. The molecule has 32 heavy (non-hydrogen) atoms. The summed E-state index contributed by atoms with van der Waals surface area (Å²) in [6, 6.07) is 0. The number of hydrogen-bond donors (Lipinski definition) is 3. The maximum atomic E-state index is 10.6. The highest BCUT2D eigenvalue weighted by Crippen LogP contribution is 2.70. The molecule has 2 saturated heterocycles. The van der Waals surface area contributed by atoms with Gasteiger partial charge in [0.15, 0.2) is 5.79 Å². The smallest absolute Gasteiger partial charge is 0.174 e. The summed E-state index contributed by atoms with van der Waals surface area (Å²) >= 11 is 0. The average molecular weight is 447 g/mol. The lowest BCUT2D eigenvalue weighted by Gasteiger charge is -2.59. The summed E-state index contributed by atoms with van der Waals surface area (Å²) in [5, 5.41) is 31.4. The van der Waals surface area contributed by atoms with E-state index in [0.29, 0.717) is 49.5 Å². The number of rotatable bonds is 0. The van der Waals surface area contributed by atoms with E-state index in [-0.39, 0.29) is 34.9 Å². The van der Waals surface area contributed by atoms with Crippen molar-refractivity contribution in [2.24, 2.45) is 46.3 Å². The van der Waals surface area contributed by atoms with E-state index in [0.717, 1.165) is 12.8 Å². The Morgan fingerprint density at radius 3 is 2.53 bits per heavy atom. The lowest BCUT2D eigenvalue weighted by molar-refractivity contribution is -0.290. The van der Waals surface area contributed by atoms with Crippen molar-refractivity contribution < 1.29 is 24.8 Å². The fraction of sp³-hybridized carbons (Fsp3) is 0.926. The van der Waals surface area contributed by atoms with Gasteiger partial charge in [-0.25, -0.2) is 0 Å². The molecule has 0 aromatic heterocycles. The van der Waals surface area contributed by atoms with Crippen LogP contribution < -0.4 is 0 Å². The Bertz CT molecular complexity index is 812. The second-order valence-corrected chi connectivity index (χ2v) is 12.9. The highest BCUT2D eigenvalue weighted by molar-refractivity contribution is 5.27. The fourth-order valence-electron chi connectivity index (χ4n) is 9.70. The molecule has 13 atom stereocenters. The molecular formula is C27H42O5. The van der Waals surface area contributed by atoms with Crippen LogP contribution in [0.15, 0.2) is 11.6 Å². The predicted molar refractivity (Wildman–Crippen MR) is 120 cm³/mol. The van der Waals surface area contributed by atoms with Crippen molar-refractivity contribution in [3.8, 4) is 0 Å². The molecule has 5 heteroatoms. The van der Waals surface area contributed by atoms with Crippen LogP contribution in [0.2, 0.25) is 0 Å². The zero-order chi connectivity index (χ0) is 22.6. The van der Waals surface area contributed by atoms with Crippen LogP contribution >= 0.6 is 0 Å². The molecule has 0 radical (unpaired) electrons. The van der Waals surface area contributed by atoms with Crippen molar-refractivity contribution in [3.05, 3.63) is 11.6 Å². The molecule has 180 valence electrons. The number of ether oxygens (including phenoxy) is 2. The van der Waals surface area contributed by atoms with Crippen molar-refractivity contribution in [1.82, 2.24) is 0 Å². The van der Waals surface area contributed by atoms with Gasteiger partial charge in [0.2, 0.25) is 0 Å². The largest absolute Gasteiger partial charge is 0.393 e. The molecule has 6 aliphatic rings. The summed E-state index contributed by atoms with van der Waals surface area (Å²) in [6.45, 7) is 9.82. The lowest BCUT2D eigenvalue weighted by atomic mass is 9.46. The second-order valence-electron chi connectivity index (χ2n) is 12.9. The fourth-order valence-corrected chi connectivity index (χ4v) is 9.70. The molecular weight excluding hydrogens is 404 g/mol. The van der Waals surface area contributed by atoms with Crippen molar-refractivity contribution >= 4 is 0 Å². The topological polar surface area (TPSA) is 79.2 Å². The zero-order valence-electron chi connectivity index (χ0n) is 20.2. The minimum atomic E-state index is -0.610. The number of aliphatic hydroxyl groups is 3. The molecule has 5 fully saturated rings. The highest BCUT2D eigenvalue weighted by atomic mass is 16.7. The lowest BCUT2D eigenvalue weighted by Crippen LogP contribution is -2.55. The van der Waals surface area contributed by atoms with E-state index >= 15 is 0 Å². The highest BCUT2D eigenvalue weighted by Gasteiger charge is 2.69. The molecule has 1 unspecified atom stereocenters. The first kappa shape index (κ1) is 22.0. The van der Waals surface area contributed by atoms with Gasteiger partial charge in [-0.3, -0.25) is 0 Å². The Hall–Kier alpha value is -0.460. The predicted octanol–water partition coefficient (Wildman–Crippen LogP) is 3.66. The molecule has 2 aliphatic heterocycles. The van der Waals surface area contributed by atoms with Crippen LogP contribution in [0.1, 0.15) is 72.6 Å². The Balaban J connectivity index is 1.28. The Labute approximate surface area is 192 Å². The van der Waals surface area contributed by atoms with Crippen molar-refractivity contribution in [2.45, 2.75) is 103 Å². The standard InChI is InChI=1S/C27H42O5/c1-14-13-31-27(12-21(14)29)15(2)24-23(32-27)10-19-17-6-5-16-9-20(28)22(30)11-26(16,4)18(17)7-8-25(19,24)3/h5,14-15,17-24,28-30H,6-13H2,1-4H3/t14-,15-,17+,18-,19-,20+,21?,22+,23-,24-,25-,26-,27+/m0/s1. The van der Waals surface area contributed by atoms with Gasteiger partial charge in [0.05, 0.1) is 31.0 Å². The molecule has 5 nitrogen and oxygen atoms in total. The Morgan fingerprint density at radius 2 is 1.78 bits per heavy atom. The first-order valence-corrected chi connectivity index (χ1v) is 13.1. The minimum absolute atomic E-state index is 0.0149. The summed E-state index contributed by atoms with van der Waals surface area (Å²) in [5.41, 5.74) is 1.64. The van der Waals surface area contributed by atoms with Crippen LogP contribution in [0.4, 0.5) is 0 Å². The zero-order valence-corrected chi connectivity index (χ0v) is 20.2. The molecule has 6 rings (SSSR count). The summed E-state index contributed by atoms with van der Waals surface area (Å²) in [6.07, 6.45) is 7.59. The van der Waals surface area contributed by atoms with Crippen LogP contribution in [-0.4, -0.2) is 52.1 Å². The third kappa shape index (κ3) is 2.75.